The van der Waals surface area contributed by atoms with Crippen LogP contribution in [0.15, 0.2) is 36.8 Å². The van der Waals surface area contributed by atoms with Crippen LogP contribution in [0.3, 0.4) is 0 Å². The van der Waals surface area contributed by atoms with Crippen molar-refractivity contribution in [2.24, 2.45) is 0 Å². The summed E-state index contributed by atoms with van der Waals surface area (Å²) in [5.41, 5.74) is 0.505. The summed E-state index contributed by atoms with van der Waals surface area (Å²) < 4.78 is 27.7. The Labute approximate surface area is 139 Å². The van der Waals surface area contributed by atoms with Crippen molar-refractivity contribution in [3.8, 4) is 6.07 Å². The predicted molar refractivity (Wildman–Crippen MR) is 87.1 cm³/mol. The van der Waals surface area contributed by atoms with Crippen LogP contribution in [-0.4, -0.2) is 42.3 Å². The molecule has 0 saturated carbocycles. The number of rotatable bonds is 4. The number of nitriles is 1. The molecule has 1 saturated heterocycles. The molecule has 1 aromatic carbocycles. The van der Waals surface area contributed by atoms with Gasteiger partial charge < -0.3 is 9.80 Å². The molecule has 5 nitrogen and oxygen atoms in total. The monoisotopic (exact) mass is 329 g/mol. The molecule has 0 bridgehead atoms. The van der Waals surface area contributed by atoms with Crippen LogP contribution in [0.1, 0.15) is 12.0 Å². The fourth-order valence-corrected chi connectivity index (χ4v) is 3.12. The van der Waals surface area contributed by atoms with Crippen LogP contribution in [0.2, 0.25) is 0 Å². The third-order valence-electron chi connectivity index (χ3n) is 4.22. The molecule has 124 valence electrons. The molecule has 1 fully saturated rings. The number of benzene rings is 1. The SMILES string of the molecule is CN(C[C@@H]1C[C@H](F)CN1c1ccncn1)c1cccc(F)c1C#N. The number of halogens is 2. The van der Waals surface area contributed by atoms with Crippen molar-refractivity contribution >= 4 is 11.5 Å². The molecule has 3 rings (SSSR count). The van der Waals surface area contributed by atoms with Crippen LogP contribution in [-0.2, 0) is 0 Å². The molecule has 1 aromatic heterocycles. The first kappa shape index (κ1) is 16.1. The number of aromatic nitrogens is 2. The number of alkyl halides is 1. The van der Waals surface area contributed by atoms with Crippen LogP contribution >= 0.6 is 0 Å². The topological polar surface area (TPSA) is 56.1 Å². The lowest BCUT2D eigenvalue weighted by atomic mass is 10.1. The van der Waals surface area contributed by atoms with Crippen LogP contribution in [0.5, 0.6) is 0 Å². The maximum Gasteiger partial charge on any atom is 0.143 e. The summed E-state index contributed by atoms with van der Waals surface area (Å²) in [6.45, 7) is 0.729. The zero-order chi connectivity index (χ0) is 17.1. The van der Waals surface area contributed by atoms with Crippen molar-refractivity contribution in [3.05, 3.63) is 48.2 Å². The normalized spacial score (nSPS) is 20.0. The molecule has 0 N–H and O–H groups in total. The Bertz CT molecular complexity index is 746. The van der Waals surface area contributed by atoms with E-state index >= 15 is 0 Å². The zero-order valence-corrected chi connectivity index (χ0v) is 13.2. The van der Waals surface area contributed by atoms with E-state index in [1.165, 1.54) is 12.4 Å². The number of hydrogen-bond acceptors (Lipinski definition) is 5. The van der Waals surface area contributed by atoms with E-state index in [2.05, 4.69) is 9.97 Å². The van der Waals surface area contributed by atoms with Gasteiger partial charge in [0.25, 0.3) is 0 Å². The summed E-state index contributed by atoms with van der Waals surface area (Å²) >= 11 is 0. The van der Waals surface area contributed by atoms with Gasteiger partial charge in [0.1, 0.15) is 35.8 Å². The summed E-state index contributed by atoms with van der Waals surface area (Å²) in [4.78, 5) is 11.8. The van der Waals surface area contributed by atoms with Crippen molar-refractivity contribution in [3.63, 3.8) is 0 Å². The second kappa shape index (κ2) is 6.79. The van der Waals surface area contributed by atoms with Gasteiger partial charge >= 0.3 is 0 Å². The largest absolute Gasteiger partial charge is 0.371 e. The highest BCUT2D eigenvalue weighted by Gasteiger charge is 2.34. The zero-order valence-electron chi connectivity index (χ0n) is 13.2. The van der Waals surface area contributed by atoms with Crippen molar-refractivity contribution < 1.29 is 8.78 Å². The first-order valence-electron chi connectivity index (χ1n) is 7.66. The summed E-state index contributed by atoms with van der Waals surface area (Å²) in [5, 5.41) is 9.18. The lowest BCUT2D eigenvalue weighted by Gasteiger charge is -2.30. The lowest BCUT2D eigenvalue weighted by Crippen LogP contribution is -2.39. The number of anilines is 2. The van der Waals surface area contributed by atoms with E-state index in [0.29, 0.717) is 24.5 Å². The Hall–Kier alpha value is -2.75. The van der Waals surface area contributed by atoms with Crippen LogP contribution in [0, 0.1) is 17.1 Å². The summed E-state index contributed by atoms with van der Waals surface area (Å²) in [6.07, 6.45) is 2.48. The number of likely N-dealkylation sites (N-methyl/N-ethyl adjacent to an activating group) is 1. The maximum atomic E-state index is 14.0. The van der Waals surface area contributed by atoms with Crippen LogP contribution < -0.4 is 9.80 Å². The van der Waals surface area contributed by atoms with E-state index in [1.54, 1.807) is 36.3 Å². The number of nitrogens with zero attached hydrogens (tertiary/aromatic N) is 5. The van der Waals surface area contributed by atoms with Crippen LogP contribution in [0.25, 0.3) is 0 Å². The first-order valence-corrected chi connectivity index (χ1v) is 7.66. The molecule has 0 spiro atoms. The third-order valence-corrected chi connectivity index (χ3v) is 4.22. The summed E-state index contributed by atoms with van der Waals surface area (Å²) in [6, 6.07) is 8.04. The van der Waals surface area contributed by atoms with Gasteiger partial charge in [0.15, 0.2) is 0 Å². The molecule has 24 heavy (non-hydrogen) atoms. The minimum atomic E-state index is -0.943. The van der Waals surface area contributed by atoms with Crippen LogP contribution in [0.4, 0.5) is 20.3 Å². The molecular formula is C17H17F2N5. The van der Waals surface area contributed by atoms with Gasteiger partial charge in [-0.15, -0.1) is 0 Å². The van der Waals surface area contributed by atoms with Gasteiger partial charge in [-0.05, 0) is 18.2 Å². The Kier molecular flexibility index (Phi) is 4.56. The molecule has 2 atom stereocenters. The minimum absolute atomic E-state index is 0.00313. The van der Waals surface area contributed by atoms with Gasteiger partial charge in [0.05, 0.1) is 18.3 Å². The van der Waals surface area contributed by atoms with E-state index < -0.39 is 12.0 Å². The van der Waals surface area contributed by atoms with E-state index in [1.807, 2.05) is 11.0 Å². The fourth-order valence-electron chi connectivity index (χ4n) is 3.12. The highest BCUT2D eigenvalue weighted by atomic mass is 19.1. The quantitative estimate of drug-likeness (QED) is 0.863. The fraction of sp³-hybridized carbons (Fsp3) is 0.353. The van der Waals surface area contributed by atoms with E-state index in [-0.39, 0.29) is 18.2 Å². The Balaban J connectivity index is 1.82. The molecule has 0 amide bonds. The Morgan fingerprint density at radius 1 is 1.42 bits per heavy atom. The van der Waals surface area contributed by atoms with Crippen molar-refractivity contribution in [2.75, 3.05) is 29.9 Å². The van der Waals surface area contributed by atoms with E-state index in [4.69, 9.17) is 0 Å². The standard InChI is InChI=1S/C17H17F2N5/c1-23(16-4-2-3-15(19)14(16)8-20)10-13-7-12(18)9-24(13)17-5-6-21-11-22-17/h2-6,11-13H,7,9-10H2,1H3/t12-,13-/m0/s1. The van der Waals surface area contributed by atoms with Gasteiger partial charge in [-0.3, -0.25) is 0 Å². The van der Waals surface area contributed by atoms with Gasteiger partial charge in [0.2, 0.25) is 0 Å². The second-order valence-electron chi connectivity index (χ2n) is 5.83. The lowest BCUT2D eigenvalue weighted by molar-refractivity contribution is 0.356. The average molecular weight is 329 g/mol. The van der Waals surface area contributed by atoms with Crippen molar-refractivity contribution in [2.45, 2.75) is 18.6 Å². The molecule has 2 aromatic rings. The smallest absolute Gasteiger partial charge is 0.143 e. The number of hydrogen-bond donors (Lipinski definition) is 0. The highest BCUT2D eigenvalue weighted by Crippen LogP contribution is 2.28. The molecule has 1 aliphatic rings. The Morgan fingerprint density at radius 3 is 2.96 bits per heavy atom. The molecule has 7 heteroatoms. The molecule has 0 aliphatic carbocycles. The van der Waals surface area contributed by atoms with Gasteiger partial charge in [-0.2, -0.15) is 5.26 Å². The van der Waals surface area contributed by atoms with E-state index in [0.717, 1.165) is 0 Å². The molecule has 1 aliphatic heterocycles. The van der Waals surface area contributed by atoms with Gasteiger partial charge in [0, 0.05) is 26.2 Å². The van der Waals surface area contributed by atoms with Gasteiger partial charge in [-0.25, -0.2) is 18.7 Å². The maximum absolute atomic E-state index is 14.0. The summed E-state index contributed by atoms with van der Waals surface area (Å²) in [7, 11) is 1.78. The van der Waals surface area contributed by atoms with Gasteiger partial charge in [-0.1, -0.05) is 6.07 Å². The third kappa shape index (κ3) is 3.13. The molecule has 2 heterocycles. The second-order valence-corrected chi connectivity index (χ2v) is 5.83. The predicted octanol–water partition coefficient (Wildman–Crippen LogP) is 2.54. The highest BCUT2D eigenvalue weighted by molar-refractivity contribution is 5.59. The van der Waals surface area contributed by atoms with E-state index in [9.17, 15) is 14.0 Å². The molecule has 0 radical (unpaired) electrons. The van der Waals surface area contributed by atoms with Crippen molar-refractivity contribution in [1.29, 1.82) is 5.26 Å². The van der Waals surface area contributed by atoms with Crippen molar-refractivity contribution in [1.82, 2.24) is 9.97 Å². The molecule has 0 unspecified atom stereocenters. The average Bonchev–Trinajstić information content (AvgIpc) is 2.95. The minimum Gasteiger partial charge on any atom is -0.371 e. The Morgan fingerprint density at radius 2 is 2.25 bits per heavy atom. The summed E-state index contributed by atoms with van der Waals surface area (Å²) in [5.74, 6) is 0.118. The first-order chi connectivity index (χ1) is 11.6. The molecular weight excluding hydrogens is 312 g/mol.